The third-order valence-corrected chi connectivity index (χ3v) is 3.48. The second-order valence-electron chi connectivity index (χ2n) is 5.37. The first-order valence-electron chi connectivity index (χ1n) is 6.56. The van der Waals surface area contributed by atoms with Gasteiger partial charge in [-0.1, -0.05) is 13.8 Å². The molecule has 0 bridgehead atoms. The predicted octanol–water partition coefficient (Wildman–Crippen LogP) is 2.69. The number of rotatable bonds is 3. The zero-order chi connectivity index (χ0) is 12.4. The van der Waals surface area contributed by atoms with Crippen molar-refractivity contribution in [3.05, 3.63) is 23.0 Å². The molecule has 0 atom stereocenters. The van der Waals surface area contributed by atoms with Crippen LogP contribution in [0.4, 0.5) is 5.69 Å². The summed E-state index contributed by atoms with van der Waals surface area (Å²) >= 11 is 0. The van der Waals surface area contributed by atoms with Gasteiger partial charge < -0.3 is 5.73 Å². The average molecular weight is 233 g/mol. The molecule has 1 aromatic rings. The fraction of sp³-hybridized carbons (Fsp3) is 0.643. The fourth-order valence-corrected chi connectivity index (χ4v) is 2.47. The molecule has 1 aliphatic heterocycles. The van der Waals surface area contributed by atoms with Crippen molar-refractivity contribution in [1.82, 2.24) is 9.88 Å². The average Bonchev–Trinajstić information content (AvgIpc) is 2.75. The van der Waals surface area contributed by atoms with Crippen molar-refractivity contribution in [3.63, 3.8) is 0 Å². The molecule has 0 radical (unpaired) electrons. The topological polar surface area (TPSA) is 42.2 Å². The van der Waals surface area contributed by atoms with Gasteiger partial charge in [0, 0.05) is 6.54 Å². The molecule has 17 heavy (non-hydrogen) atoms. The highest BCUT2D eigenvalue weighted by Crippen LogP contribution is 2.24. The fourth-order valence-electron chi connectivity index (χ4n) is 2.47. The molecule has 0 aromatic carbocycles. The lowest BCUT2D eigenvalue weighted by Crippen LogP contribution is -2.20. The number of hydrogen-bond donors (Lipinski definition) is 1. The van der Waals surface area contributed by atoms with Crippen molar-refractivity contribution in [2.75, 3.05) is 18.8 Å². The molecular weight excluding hydrogens is 210 g/mol. The maximum atomic E-state index is 6.08. The summed E-state index contributed by atoms with van der Waals surface area (Å²) in [6.45, 7) is 9.77. The van der Waals surface area contributed by atoms with E-state index in [1.165, 1.54) is 31.6 Å². The lowest BCUT2D eigenvalue weighted by molar-refractivity contribution is 0.326. The van der Waals surface area contributed by atoms with Crippen molar-refractivity contribution in [3.8, 4) is 0 Å². The van der Waals surface area contributed by atoms with Crippen LogP contribution < -0.4 is 5.73 Å². The van der Waals surface area contributed by atoms with Crippen LogP contribution in [0.2, 0.25) is 0 Å². The van der Waals surface area contributed by atoms with Crippen LogP contribution in [0, 0.1) is 6.92 Å². The first kappa shape index (κ1) is 12.4. The third kappa shape index (κ3) is 2.78. The summed E-state index contributed by atoms with van der Waals surface area (Å²) in [6, 6.07) is 2.14. The zero-order valence-electron chi connectivity index (χ0n) is 11.2. The molecule has 2 heterocycles. The Morgan fingerprint density at radius 2 is 2.00 bits per heavy atom. The van der Waals surface area contributed by atoms with E-state index in [2.05, 4.69) is 31.7 Å². The second kappa shape index (κ2) is 5.05. The molecule has 0 amide bonds. The molecule has 0 unspecified atom stereocenters. The van der Waals surface area contributed by atoms with Crippen LogP contribution in [0.3, 0.4) is 0 Å². The summed E-state index contributed by atoms with van der Waals surface area (Å²) in [5.41, 5.74) is 10.3. The lowest BCUT2D eigenvalue weighted by Gasteiger charge is -2.17. The van der Waals surface area contributed by atoms with Gasteiger partial charge in [-0.05, 0) is 50.4 Å². The van der Waals surface area contributed by atoms with E-state index < -0.39 is 0 Å². The number of pyridine rings is 1. The third-order valence-electron chi connectivity index (χ3n) is 3.48. The van der Waals surface area contributed by atoms with Crippen molar-refractivity contribution in [1.29, 1.82) is 0 Å². The summed E-state index contributed by atoms with van der Waals surface area (Å²) in [6.07, 6.45) is 2.65. The minimum Gasteiger partial charge on any atom is -0.397 e. The summed E-state index contributed by atoms with van der Waals surface area (Å²) < 4.78 is 0. The summed E-state index contributed by atoms with van der Waals surface area (Å²) in [4.78, 5) is 7.20. The number of aromatic nitrogens is 1. The van der Waals surface area contributed by atoms with Crippen molar-refractivity contribution < 1.29 is 0 Å². The standard InChI is InChI=1S/C14H23N3/c1-10(2)14-13(15)11(3)8-12(16-14)9-17-6-4-5-7-17/h8,10H,4-7,9,15H2,1-3H3. The van der Waals surface area contributed by atoms with Gasteiger partial charge in [-0.3, -0.25) is 9.88 Å². The Morgan fingerprint density at radius 1 is 1.35 bits per heavy atom. The van der Waals surface area contributed by atoms with E-state index in [4.69, 9.17) is 10.7 Å². The van der Waals surface area contributed by atoms with Crippen LogP contribution in [0.25, 0.3) is 0 Å². The van der Waals surface area contributed by atoms with Crippen LogP contribution in [-0.2, 0) is 6.54 Å². The first-order valence-corrected chi connectivity index (χ1v) is 6.56. The van der Waals surface area contributed by atoms with Gasteiger partial charge in [0.15, 0.2) is 0 Å². The van der Waals surface area contributed by atoms with E-state index in [-0.39, 0.29) is 0 Å². The Hall–Kier alpha value is -1.09. The van der Waals surface area contributed by atoms with E-state index in [1.54, 1.807) is 0 Å². The lowest BCUT2D eigenvalue weighted by atomic mass is 10.0. The number of aryl methyl sites for hydroxylation is 1. The van der Waals surface area contributed by atoms with Gasteiger partial charge in [0.2, 0.25) is 0 Å². The smallest absolute Gasteiger partial charge is 0.0664 e. The maximum absolute atomic E-state index is 6.08. The quantitative estimate of drug-likeness (QED) is 0.872. The molecule has 2 rings (SSSR count). The molecule has 1 fully saturated rings. The number of likely N-dealkylation sites (tertiary alicyclic amines) is 1. The van der Waals surface area contributed by atoms with Crippen LogP contribution in [-0.4, -0.2) is 23.0 Å². The highest BCUT2D eigenvalue weighted by Gasteiger charge is 2.15. The number of nitrogen functional groups attached to an aromatic ring is 1. The molecule has 94 valence electrons. The number of nitrogens with two attached hydrogens (primary N) is 1. The molecular formula is C14H23N3. The van der Waals surface area contributed by atoms with Gasteiger partial charge in [0.1, 0.15) is 0 Å². The molecule has 0 saturated carbocycles. The minimum absolute atomic E-state index is 0.396. The summed E-state index contributed by atoms with van der Waals surface area (Å²) in [5, 5.41) is 0. The van der Waals surface area contributed by atoms with E-state index in [1.807, 2.05) is 0 Å². The van der Waals surface area contributed by atoms with Gasteiger partial charge in [-0.15, -0.1) is 0 Å². The molecule has 0 spiro atoms. The maximum Gasteiger partial charge on any atom is 0.0664 e. The zero-order valence-corrected chi connectivity index (χ0v) is 11.2. The van der Waals surface area contributed by atoms with E-state index >= 15 is 0 Å². The van der Waals surface area contributed by atoms with Crippen molar-refractivity contribution in [2.24, 2.45) is 0 Å². The molecule has 3 nitrogen and oxygen atoms in total. The number of nitrogens with zero attached hydrogens (tertiary/aromatic N) is 2. The summed E-state index contributed by atoms with van der Waals surface area (Å²) in [5.74, 6) is 0.396. The van der Waals surface area contributed by atoms with Crippen LogP contribution in [0.15, 0.2) is 6.07 Å². The minimum atomic E-state index is 0.396. The van der Waals surface area contributed by atoms with E-state index in [0.717, 1.165) is 23.5 Å². The Balaban J connectivity index is 2.22. The van der Waals surface area contributed by atoms with Crippen molar-refractivity contribution >= 4 is 5.69 Å². The summed E-state index contributed by atoms with van der Waals surface area (Å²) in [7, 11) is 0. The largest absolute Gasteiger partial charge is 0.397 e. The van der Waals surface area contributed by atoms with Gasteiger partial charge in [0.25, 0.3) is 0 Å². The molecule has 3 heteroatoms. The van der Waals surface area contributed by atoms with Crippen molar-refractivity contribution in [2.45, 2.75) is 46.1 Å². The molecule has 1 saturated heterocycles. The predicted molar refractivity (Wildman–Crippen MR) is 72.0 cm³/mol. The monoisotopic (exact) mass is 233 g/mol. The number of anilines is 1. The Labute approximate surface area is 104 Å². The SMILES string of the molecule is Cc1cc(CN2CCCC2)nc(C(C)C)c1N. The first-order chi connectivity index (χ1) is 8.08. The van der Waals surface area contributed by atoms with Gasteiger partial charge in [-0.2, -0.15) is 0 Å². The van der Waals surface area contributed by atoms with Crippen LogP contribution >= 0.6 is 0 Å². The second-order valence-corrected chi connectivity index (χ2v) is 5.37. The normalized spacial score (nSPS) is 16.9. The Morgan fingerprint density at radius 3 is 2.59 bits per heavy atom. The molecule has 2 N–H and O–H groups in total. The van der Waals surface area contributed by atoms with E-state index in [0.29, 0.717) is 5.92 Å². The Bertz CT molecular complexity index is 393. The Kier molecular flexibility index (Phi) is 3.67. The molecule has 1 aromatic heterocycles. The number of hydrogen-bond acceptors (Lipinski definition) is 3. The van der Waals surface area contributed by atoms with Crippen LogP contribution in [0.1, 0.15) is 49.6 Å². The molecule has 1 aliphatic rings. The molecule has 0 aliphatic carbocycles. The van der Waals surface area contributed by atoms with Gasteiger partial charge in [0.05, 0.1) is 17.1 Å². The van der Waals surface area contributed by atoms with Gasteiger partial charge >= 0.3 is 0 Å². The van der Waals surface area contributed by atoms with E-state index in [9.17, 15) is 0 Å². The highest BCUT2D eigenvalue weighted by molar-refractivity contribution is 5.52. The van der Waals surface area contributed by atoms with Gasteiger partial charge in [-0.25, -0.2) is 0 Å². The highest BCUT2D eigenvalue weighted by atomic mass is 15.1. The van der Waals surface area contributed by atoms with Crippen LogP contribution in [0.5, 0.6) is 0 Å².